The minimum atomic E-state index is 0.370. The van der Waals surface area contributed by atoms with Crippen LogP contribution in [0.5, 0.6) is 5.75 Å². The summed E-state index contributed by atoms with van der Waals surface area (Å²) in [6, 6.07) is 17.1. The number of H-pyrrole nitrogens is 1. The average Bonchev–Trinajstić information content (AvgIpc) is 2.95. The van der Waals surface area contributed by atoms with Gasteiger partial charge in [-0.2, -0.15) is 0 Å². The number of anilines is 1. The van der Waals surface area contributed by atoms with Gasteiger partial charge in [0.25, 0.3) is 0 Å². The Morgan fingerprint density at radius 3 is 2.67 bits per heavy atom. The van der Waals surface area contributed by atoms with Crippen molar-refractivity contribution >= 4 is 16.6 Å². The van der Waals surface area contributed by atoms with Crippen molar-refractivity contribution in [2.24, 2.45) is 0 Å². The van der Waals surface area contributed by atoms with E-state index < -0.39 is 0 Å². The molecule has 2 aromatic carbocycles. The lowest BCUT2D eigenvalue weighted by Gasteiger charge is -2.15. The highest BCUT2D eigenvalue weighted by Gasteiger charge is 2.05. The Labute approximate surface area is 125 Å². The number of benzene rings is 2. The Kier molecular flexibility index (Phi) is 3.82. The first-order valence-corrected chi connectivity index (χ1v) is 7.21. The van der Waals surface area contributed by atoms with Crippen LogP contribution in [0.3, 0.4) is 0 Å². The summed E-state index contributed by atoms with van der Waals surface area (Å²) in [4.78, 5) is 3.21. The van der Waals surface area contributed by atoms with Crippen LogP contribution < -0.4 is 10.1 Å². The quantitative estimate of drug-likeness (QED) is 0.734. The number of ether oxygens (including phenoxy) is 1. The standard InChI is InChI=1S/C18H20N2O/c1-13(11-14-3-6-17(21-2)7-4-14)20-16-5-8-18-15(12-16)9-10-19-18/h3-10,12-13,19-20H,11H2,1-2H3. The van der Waals surface area contributed by atoms with Gasteiger partial charge in [-0.1, -0.05) is 12.1 Å². The van der Waals surface area contributed by atoms with Crippen LogP contribution in [0.1, 0.15) is 12.5 Å². The molecule has 2 N–H and O–H groups in total. The maximum absolute atomic E-state index is 5.18. The van der Waals surface area contributed by atoms with Crippen LogP contribution in [-0.2, 0) is 6.42 Å². The third-order valence-electron chi connectivity index (χ3n) is 3.67. The van der Waals surface area contributed by atoms with Crippen LogP contribution in [0.2, 0.25) is 0 Å². The van der Waals surface area contributed by atoms with Crippen LogP contribution in [-0.4, -0.2) is 18.1 Å². The summed E-state index contributed by atoms with van der Waals surface area (Å²) in [6.45, 7) is 2.20. The van der Waals surface area contributed by atoms with E-state index in [1.54, 1.807) is 7.11 Å². The fourth-order valence-corrected chi connectivity index (χ4v) is 2.59. The second-order valence-corrected chi connectivity index (χ2v) is 5.38. The van der Waals surface area contributed by atoms with E-state index in [0.29, 0.717) is 6.04 Å². The van der Waals surface area contributed by atoms with Gasteiger partial charge in [-0.05, 0) is 55.3 Å². The lowest BCUT2D eigenvalue weighted by molar-refractivity contribution is 0.414. The predicted octanol–water partition coefficient (Wildman–Crippen LogP) is 4.22. The van der Waals surface area contributed by atoms with Crippen molar-refractivity contribution in [2.45, 2.75) is 19.4 Å². The summed E-state index contributed by atoms with van der Waals surface area (Å²) in [5.74, 6) is 0.900. The molecule has 3 nitrogen and oxygen atoms in total. The smallest absolute Gasteiger partial charge is 0.118 e. The number of methoxy groups -OCH3 is 1. The van der Waals surface area contributed by atoms with Crippen molar-refractivity contribution in [3.05, 3.63) is 60.3 Å². The van der Waals surface area contributed by atoms with Gasteiger partial charge in [0.2, 0.25) is 0 Å². The molecule has 1 unspecified atom stereocenters. The van der Waals surface area contributed by atoms with E-state index in [1.165, 1.54) is 16.5 Å². The Bertz CT molecular complexity index is 715. The number of aromatic amines is 1. The molecule has 1 aromatic heterocycles. The Hall–Kier alpha value is -2.42. The van der Waals surface area contributed by atoms with E-state index >= 15 is 0 Å². The Morgan fingerprint density at radius 1 is 1.10 bits per heavy atom. The fourth-order valence-electron chi connectivity index (χ4n) is 2.59. The van der Waals surface area contributed by atoms with Gasteiger partial charge >= 0.3 is 0 Å². The Morgan fingerprint density at radius 2 is 1.90 bits per heavy atom. The zero-order valence-electron chi connectivity index (χ0n) is 12.4. The second-order valence-electron chi connectivity index (χ2n) is 5.38. The number of aromatic nitrogens is 1. The third kappa shape index (κ3) is 3.19. The van der Waals surface area contributed by atoms with Crippen molar-refractivity contribution in [2.75, 3.05) is 12.4 Å². The molecule has 0 radical (unpaired) electrons. The Balaban J connectivity index is 1.65. The molecule has 0 bridgehead atoms. The maximum Gasteiger partial charge on any atom is 0.118 e. The van der Waals surface area contributed by atoms with E-state index in [1.807, 2.05) is 18.3 Å². The molecular weight excluding hydrogens is 260 g/mol. The van der Waals surface area contributed by atoms with Crippen LogP contribution >= 0.6 is 0 Å². The molecule has 0 fully saturated rings. The van der Waals surface area contributed by atoms with Gasteiger partial charge in [0.15, 0.2) is 0 Å². The van der Waals surface area contributed by atoms with Crippen molar-refractivity contribution < 1.29 is 4.74 Å². The average molecular weight is 280 g/mol. The highest BCUT2D eigenvalue weighted by molar-refractivity contribution is 5.83. The summed E-state index contributed by atoms with van der Waals surface area (Å²) in [5.41, 5.74) is 3.63. The SMILES string of the molecule is COc1ccc(CC(C)Nc2ccc3[nH]ccc3c2)cc1. The number of rotatable bonds is 5. The molecule has 108 valence electrons. The van der Waals surface area contributed by atoms with Gasteiger partial charge < -0.3 is 15.0 Å². The van der Waals surface area contributed by atoms with Gasteiger partial charge in [0.05, 0.1) is 7.11 Å². The van der Waals surface area contributed by atoms with E-state index in [2.05, 4.69) is 53.6 Å². The predicted molar refractivity (Wildman–Crippen MR) is 88.1 cm³/mol. The van der Waals surface area contributed by atoms with Crippen LogP contribution in [0, 0.1) is 0 Å². The van der Waals surface area contributed by atoms with E-state index in [9.17, 15) is 0 Å². The number of nitrogens with one attached hydrogen (secondary N) is 2. The first-order valence-electron chi connectivity index (χ1n) is 7.21. The molecule has 3 heteroatoms. The van der Waals surface area contributed by atoms with E-state index in [0.717, 1.165) is 17.9 Å². The molecular formula is C18H20N2O. The summed E-state index contributed by atoms with van der Waals surface area (Å²) >= 11 is 0. The molecule has 0 saturated carbocycles. The zero-order chi connectivity index (χ0) is 14.7. The van der Waals surface area contributed by atoms with Crippen LogP contribution in [0.15, 0.2) is 54.7 Å². The molecule has 1 heterocycles. The molecule has 21 heavy (non-hydrogen) atoms. The van der Waals surface area contributed by atoms with Gasteiger partial charge in [0, 0.05) is 28.8 Å². The number of hydrogen-bond acceptors (Lipinski definition) is 2. The van der Waals surface area contributed by atoms with E-state index in [-0.39, 0.29) is 0 Å². The molecule has 0 spiro atoms. The molecule has 1 atom stereocenters. The second kappa shape index (κ2) is 5.92. The number of hydrogen-bond donors (Lipinski definition) is 2. The van der Waals surface area contributed by atoms with Gasteiger partial charge in [0.1, 0.15) is 5.75 Å². The maximum atomic E-state index is 5.18. The third-order valence-corrected chi connectivity index (χ3v) is 3.67. The lowest BCUT2D eigenvalue weighted by atomic mass is 10.1. The molecule has 0 saturated heterocycles. The van der Waals surface area contributed by atoms with Gasteiger partial charge in [-0.3, -0.25) is 0 Å². The fraction of sp³-hybridized carbons (Fsp3) is 0.222. The summed E-state index contributed by atoms with van der Waals surface area (Å²) in [6.07, 6.45) is 2.95. The normalized spacial score (nSPS) is 12.3. The summed E-state index contributed by atoms with van der Waals surface area (Å²) in [7, 11) is 1.69. The van der Waals surface area contributed by atoms with Crippen molar-refractivity contribution in [3.63, 3.8) is 0 Å². The van der Waals surface area contributed by atoms with Crippen molar-refractivity contribution in [1.82, 2.24) is 4.98 Å². The number of fused-ring (bicyclic) bond motifs is 1. The highest BCUT2D eigenvalue weighted by Crippen LogP contribution is 2.19. The molecule has 0 aliphatic heterocycles. The largest absolute Gasteiger partial charge is 0.497 e. The molecule has 3 aromatic rings. The van der Waals surface area contributed by atoms with Crippen LogP contribution in [0.25, 0.3) is 10.9 Å². The minimum Gasteiger partial charge on any atom is -0.497 e. The topological polar surface area (TPSA) is 37.0 Å². The zero-order valence-corrected chi connectivity index (χ0v) is 12.4. The van der Waals surface area contributed by atoms with Gasteiger partial charge in [-0.15, -0.1) is 0 Å². The molecule has 0 amide bonds. The van der Waals surface area contributed by atoms with Gasteiger partial charge in [-0.25, -0.2) is 0 Å². The molecule has 0 aliphatic rings. The first kappa shape index (κ1) is 13.6. The van der Waals surface area contributed by atoms with Crippen molar-refractivity contribution in [1.29, 1.82) is 0 Å². The lowest BCUT2D eigenvalue weighted by Crippen LogP contribution is -2.17. The minimum absolute atomic E-state index is 0.370. The monoisotopic (exact) mass is 280 g/mol. The first-order chi connectivity index (χ1) is 10.2. The summed E-state index contributed by atoms with van der Waals surface area (Å²) < 4.78 is 5.18. The van der Waals surface area contributed by atoms with E-state index in [4.69, 9.17) is 4.74 Å². The highest BCUT2D eigenvalue weighted by atomic mass is 16.5. The summed E-state index contributed by atoms with van der Waals surface area (Å²) in [5, 5.41) is 4.79. The molecule has 3 rings (SSSR count). The van der Waals surface area contributed by atoms with Crippen LogP contribution in [0.4, 0.5) is 5.69 Å². The van der Waals surface area contributed by atoms with Crippen molar-refractivity contribution in [3.8, 4) is 5.75 Å². The molecule has 0 aliphatic carbocycles.